The van der Waals surface area contributed by atoms with Gasteiger partial charge in [-0.3, -0.25) is 14.3 Å². The van der Waals surface area contributed by atoms with Crippen LogP contribution in [0.15, 0.2) is 60.8 Å². The molecule has 1 saturated heterocycles. The second-order valence-corrected chi connectivity index (χ2v) is 8.93. The molecular formula is C26H27FN4O2. The van der Waals surface area contributed by atoms with E-state index in [1.54, 1.807) is 24.3 Å². The fourth-order valence-corrected chi connectivity index (χ4v) is 4.98. The minimum absolute atomic E-state index is 0.0839. The number of benzene rings is 2. The van der Waals surface area contributed by atoms with Crippen molar-refractivity contribution in [2.75, 3.05) is 19.6 Å². The number of fused-ring (bicyclic) bond motifs is 3. The van der Waals surface area contributed by atoms with Crippen LogP contribution >= 0.6 is 0 Å². The standard InChI is InChI=1S/C26H27FN4O2/c27-22-10-6-18(7-11-22)14-24(32)30-15-20-8-9-21-16-31(29-25(21)23(20)17-30)13-12-28-26(33)19-4-2-1-3-5-19/h1-7,10-11,16,20,23H,8-9,12-15,17H2,(H,28,33)/t20-,23+/m1/s1. The van der Waals surface area contributed by atoms with Crippen molar-refractivity contribution in [3.05, 3.63) is 89.0 Å². The van der Waals surface area contributed by atoms with Gasteiger partial charge in [-0.25, -0.2) is 4.39 Å². The lowest BCUT2D eigenvalue weighted by atomic mass is 9.81. The highest BCUT2D eigenvalue weighted by Gasteiger charge is 2.40. The highest BCUT2D eigenvalue weighted by atomic mass is 19.1. The Morgan fingerprint density at radius 2 is 1.85 bits per heavy atom. The Hall–Kier alpha value is -3.48. The van der Waals surface area contributed by atoms with Gasteiger partial charge in [0, 0.05) is 37.3 Å². The van der Waals surface area contributed by atoms with E-state index in [1.165, 1.54) is 17.7 Å². The molecule has 2 aromatic carbocycles. The van der Waals surface area contributed by atoms with Crippen molar-refractivity contribution in [3.63, 3.8) is 0 Å². The van der Waals surface area contributed by atoms with E-state index in [4.69, 9.17) is 5.10 Å². The van der Waals surface area contributed by atoms with Crippen LogP contribution in [0.25, 0.3) is 0 Å². The topological polar surface area (TPSA) is 67.2 Å². The Kier molecular flexibility index (Phi) is 5.94. The molecule has 2 aliphatic rings. The molecular weight excluding hydrogens is 419 g/mol. The maximum Gasteiger partial charge on any atom is 0.251 e. The van der Waals surface area contributed by atoms with E-state index in [1.807, 2.05) is 27.8 Å². The van der Waals surface area contributed by atoms with Gasteiger partial charge in [0.15, 0.2) is 0 Å². The summed E-state index contributed by atoms with van der Waals surface area (Å²) in [6.07, 6.45) is 4.40. The average Bonchev–Trinajstić information content (AvgIpc) is 3.45. The van der Waals surface area contributed by atoms with Crippen LogP contribution in [0, 0.1) is 11.7 Å². The molecule has 2 heterocycles. The van der Waals surface area contributed by atoms with E-state index < -0.39 is 0 Å². The van der Waals surface area contributed by atoms with Gasteiger partial charge >= 0.3 is 0 Å². The summed E-state index contributed by atoms with van der Waals surface area (Å²) in [4.78, 5) is 27.0. The lowest BCUT2D eigenvalue weighted by molar-refractivity contribution is -0.129. The van der Waals surface area contributed by atoms with Crippen LogP contribution in [0.4, 0.5) is 4.39 Å². The van der Waals surface area contributed by atoms with Gasteiger partial charge in [0.05, 0.1) is 18.7 Å². The largest absolute Gasteiger partial charge is 0.350 e. The molecule has 1 N–H and O–H groups in total. The number of carbonyl (C=O) groups is 2. The van der Waals surface area contributed by atoms with Gasteiger partial charge in [-0.1, -0.05) is 30.3 Å². The number of halogens is 1. The number of nitrogens with zero attached hydrogens (tertiary/aromatic N) is 3. The number of likely N-dealkylation sites (tertiary alicyclic amines) is 1. The first-order chi connectivity index (χ1) is 16.1. The van der Waals surface area contributed by atoms with E-state index in [-0.39, 0.29) is 23.5 Å². The Bertz CT molecular complexity index is 1140. The molecule has 1 aliphatic carbocycles. The van der Waals surface area contributed by atoms with Crippen LogP contribution in [0.3, 0.4) is 0 Å². The van der Waals surface area contributed by atoms with Gasteiger partial charge < -0.3 is 10.2 Å². The zero-order valence-corrected chi connectivity index (χ0v) is 18.4. The Morgan fingerprint density at radius 1 is 1.06 bits per heavy atom. The normalized spacial score (nSPS) is 19.1. The molecule has 1 aliphatic heterocycles. The third kappa shape index (κ3) is 4.67. The highest BCUT2D eigenvalue weighted by molar-refractivity contribution is 5.94. The van der Waals surface area contributed by atoms with Crippen molar-refractivity contribution in [1.82, 2.24) is 20.0 Å². The lowest BCUT2D eigenvalue weighted by Gasteiger charge is -2.22. The summed E-state index contributed by atoms with van der Waals surface area (Å²) in [5, 5.41) is 7.78. The zero-order chi connectivity index (χ0) is 22.8. The molecule has 0 bridgehead atoms. The quantitative estimate of drug-likeness (QED) is 0.633. The first-order valence-electron chi connectivity index (χ1n) is 11.5. The molecule has 3 aromatic rings. The fourth-order valence-electron chi connectivity index (χ4n) is 4.98. The second-order valence-electron chi connectivity index (χ2n) is 8.93. The van der Waals surface area contributed by atoms with E-state index in [2.05, 4.69) is 11.5 Å². The van der Waals surface area contributed by atoms with Crippen molar-refractivity contribution >= 4 is 11.8 Å². The van der Waals surface area contributed by atoms with E-state index >= 15 is 0 Å². The molecule has 2 atom stereocenters. The maximum absolute atomic E-state index is 13.1. The summed E-state index contributed by atoms with van der Waals surface area (Å²) in [6.45, 7) is 2.55. The number of aryl methyl sites for hydroxylation is 1. The monoisotopic (exact) mass is 446 g/mol. The van der Waals surface area contributed by atoms with Crippen LogP contribution in [0.2, 0.25) is 0 Å². The number of amides is 2. The SMILES string of the molecule is O=C(NCCn1cc2c(n1)[C@H]1CN(C(=O)Cc3ccc(F)cc3)C[C@H]1CC2)c1ccccc1. The third-order valence-electron chi connectivity index (χ3n) is 6.73. The van der Waals surface area contributed by atoms with Crippen LogP contribution in [-0.2, 0) is 24.2 Å². The fraction of sp³-hybridized carbons (Fsp3) is 0.346. The average molecular weight is 447 g/mol. The van der Waals surface area contributed by atoms with Gasteiger partial charge in [-0.2, -0.15) is 5.10 Å². The van der Waals surface area contributed by atoms with Crippen LogP contribution < -0.4 is 5.32 Å². The number of aromatic nitrogens is 2. The van der Waals surface area contributed by atoms with Crippen molar-refractivity contribution in [1.29, 1.82) is 0 Å². The molecule has 1 fully saturated rings. The van der Waals surface area contributed by atoms with Crippen molar-refractivity contribution < 1.29 is 14.0 Å². The second kappa shape index (κ2) is 9.17. The number of hydrogen-bond acceptors (Lipinski definition) is 3. The predicted octanol–water partition coefficient (Wildman–Crippen LogP) is 3.18. The summed E-state index contributed by atoms with van der Waals surface area (Å²) < 4.78 is 15.1. The third-order valence-corrected chi connectivity index (χ3v) is 6.73. The molecule has 2 amide bonds. The summed E-state index contributed by atoms with van der Waals surface area (Å²) in [5.41, 5.74) is 3.83. The molecule has 5 rings (SSSR count). The predicted molar refractivity (Wildman–Crippen MR) is 122 cm³/mol. The number of rotatable bonds is 6. The minimum atomic E-state index is -0.291. The molecule has 33 heavy (non-hydrogen) atoms. The van der Waals surface area contributed by atoms with Gasteiger partial charge in [-0.15, -0.1) is 0 Å². The lowest BCUT2D eigenvalue weighted by Crippen LogP contribution is -2.30. The highest BCUT2D eigenvalue weighted by Crippen LogP contribution is 2.40. The van der Waals surface area contributed by atoms with Gasteiger partial charge in [0.2, 0.25) is 5.91 Å². The Balaban J connectivity index is 1.18. The summed E-state index contributed by atoms with van der Waals surface area (Å²) in [7, 11) is 0. The van der Waals surface area contributed by atoms with E-state index in [9.17, 15) is 14.0 Å². The summed E-state index contributed by atoms with van der Waals surface area (Å²) >= 11 is 0. The number of hydrogen-bond donors (Lipinski definition) is 1. The molecule has 7 heteroatoms. The van der Waals surface area contributed by atoms with Gasteiger partial charge in [0.1, 0.15) is 5.82 Å². The molecule has 0 spiro atoms. The van der Waals surface area contributed by atoms with Crippen LogP contribution in [0.1, 0.15) is 39.5 Å². The first kappa shape index (κ1) is 21.4. The van der Waals surface area contributed by atoms with Crippen molar-refractivity contribution in [2.24, 2.45) is 5.92 Å². The molecule has 170 valence electrons. The molecule has 0 saturated carbocycles. The molecule has 0 unspecified atom stereocenters. The molecule has 1 aromatic heterocycles. The first-order valence-corrected chi connectivity index (χ1v) is 11.5. The van der Waals surface area contributed by atoms with Crippen molar-refractivity contribution in [2.45, 2.75) is 31.7 Å². The van der Waals surface area contributed by atoms with Crippen LogP contribution in [-0.4, -0.2) is 46.1 Å². The summed E-state index contributed by atoms with van der Waals surface area (Å²) in [6, 6.07) is 15.3. The number of carbonyl (C=O) groups excluding carboxylic acids is 2. The minimum Gasteiger partial charge on any atom is -0.350 e. The Labute approximate surface area is 192 Å². The van der Waals surface area contributed by atoms with Crippen LogP contribution in [0.5, 0.6) is 0 Å². The van der Waals surface area contributed by atoms with Crippen molar-refractivity contribution in [3.8, 4) is 0 Å². The Morgan fingerprint density at radius 3 is 2.64 bits per heavy atom. The molecule has 6 nitrogen and oxygen atoms in total. The number of nitrogens with one attached hydrogen (secondary N) is 1. The van der Waals surface area contributed by atoms with Gasteiger partial charge in [0.25, 0.3) is 5.91 Å². The molecule has 0 radical (unpaired) electrons. The summed E-state index contributed by atoms with van der Waals surface area (Å²) in [5.74, 6) is 0.391. The van der Waals surface area contributed by atoms with E-state index in [0.29, 0.717) is 37.5 Å². The van der Waals surface area contributed by atoms with Gasteiger partial charge in [-0.05, 0) is 54.2 Å². The smallest absolute Gasteiger partial charge is 0.251 e. The zero-order valence-electron chi connectivity index (χ0n) is 18.4. The maximum atomic E-state index is 13.1. The van der Waals surface area contributed by atoms with E-state index in [0.717, 1.165) is 30.6 Å².